The number of aliphatic hydroxyl groups excluding tert-OH is 1. The molecule has 0 aromatic heterocycles. The summed E-state index contributed by atoms with van der Waals surface area (Å²) in [6, 6.07) is 14.0. The van der Waals surface area contributed by atoms with E-state index in [2.05, 4.69) is 17.2 Å². The summed E-state index contributed by atoms with van der Waals surface area (Å²) in [4.78, 5) is 12.2. The van der Waals surface area contributed by atoms with E-state index < -0.39 is 0 Å². The third kappa shape index (κ3) is 3.85. The third-order valence-corrected chi connectivity index (χ3v) is 2.83. The smallest absolute Gasteiger partial charge is 0.255 e. The standard InChI is InChI=1S/C17H15NO3/c1-21-15-10-8-14(9-11-15)17(20)18-16-7-3-2-5-13(16)6-4-12-19/h2-3,5,7-11,19H,12H2,1H3,(H,18,20). The Morgan fingerprint density at radius 2 is 1.90 bits per heavy atom. The molecule has 0 atom stereocenters. The largest absolute Gasteiger partial charge is 0.497 e. The van der Waals surface area contributed by atoms with Crippen molar-refractivity contribution in [3.05, 3.63) is 59.7 Å². The van der Waals surface area contributed by atoms with Gasteiger partial charge in [0.25, 0.3) is 5.91 Å². The van der Waals surface area contributed by atoms with Gasteiger partial charge in [-0.15, -0.1) is 0 Å². The number of nitrogens with one attached hydrogen (secondary N) is 1. The fraction of sp³-hybridized carbons (Fsp3) is 0.118. The first-order valence-electron chi connectivity index (χ1n) is 6.38. The second-order valence-corrected chi connectivity index (χ2v) is 4.19. The van der Waals surface area contributed by atoms with Gasteiger partial charge in [-0.2, -0.15) is 0 Å². The molecule has 0 bridgehead atoms. The fourth-order valence-electron chi connectivity index (χ4n) is 1.77. The van der Waals surface area contributed by atoms with Crippen molar-refractivity contribution < 1.29 is 14.6 Å². The Labute approximate surface area is 123 Å². The molecule has 4 heteroatoms. The molecule has 0 heterocycles. The molecule has 0 unspecified atom stereocenters. The van der Waals surface area contributed by atoms with Crippen LogP contribution in [-0.2, 0) is 0 Å². The molecule has 0 fully saturated rings. The van der Waals surface area contributed by atoms with Crippen molar-refractivity contribution in [2.24, 2.45) is 0 Å². The molecule has 2 rings (SSSR count). The number of benzene rings is 2. The number of hydrogen-bond acceptors (Lipinski definition) is 3. The Morgan fingerprint density at radius 1 is 1.19 bits per heavy atom. The Balaban J connectivity index is 2.19. The van der Waals surface area contributed by atoms with Crippen LogP contribution in [0.15, 0.2) is 48.5 Å². The summed E-state index contributed by atoms with van der Waals surface area (Å²) in [6.45, 7) is -0.221. The Morgan fingerprint density at radius 3 is 2.57 bits per heavy atom. The van der Waals surface area contributed by atoms with Crippen LogP contribution in [0.4, 0.5) is 5.69 Å². The van der Waals surface area contributed by atoms with Crippen molar-refractivity contribution in [1.82, 2.24) is 0 Å². The van der Waals surface area contributed by atoms with E-state index in [1.54, 1.807) is 43.5 Å². The summed E-state index contributed by atoms with van der Waals surface area (Å²) >= 11 is 0. The van der Waals surface area contributed by atoms with Gasteiger partial charge in [-0.25, -0.2) is 0 Å². The predicted octanol–water partition coefficient (Wildman–Crippen LogP) is 2.29. The quantitative estimate of drug-likeness (QED) is 0.849. The van der Waals surface area contributed by atoms with Crippen LogP contribution in [0.3, 0.4) is 0 Å². The maximum Gasteiger partial charge on any atom is 0.255 e. The SMILES string of the molecule is COc1ccc(C(=O)Nc2ccccc2C#CCO)cc1. The van der Waals surface area contributed by atoms with Crippen LogP contribution in [0.25, 0.3) is 0 Å². The van der Waals surface area contributed by atoms with Crippen LogP contribution in [0.1, 0.15) is 15.9 Å². The van der Waals surface area contributed by atoms with E-state index in [9.17, 15) is 4.79 Å². The molecule has 0 radical (unpaired) electrons. The molecule has 2 aromatic carbocycles. The summed E-state index contributed by atoms with van der Waals surface area (Å²) in [6.07, 6.45) is 0. The molecule has 0 aliphatic carbocycles. The van der Waals surface area contributed by atoms with Gasteiger partial charge in [-0.05, 0) is 36.4 Å². The molecule has 0 spiro atoms. The Bertz CT molecular complexity index is 681. The number of para-hydroxylation sites is 1. The van der Waals surface area contributed by atoms with Gasteiger partial charge in [0.15, 0.2) is 0 Å². The minimum absolute atomic E-state index is 0.221. The van der Waals surface area contributed by atoms with Crippen LogP contribution in [0.2, 0.25) is 0 Å². The summed E-state index contributed by atoms with van der Waals surface area (Å²) in [5.41, 5.74) is 1.80. The summed E-state index contributed by atoms with van der Waals surface area (Å²) in [7, 11) is 1.57. The second-order valence-electron chi connectivity index (χ2n) is 4.19. The number of rotatable bonds is 3. The zero-order valence-corrected chi connectivity index (χ0v) is 11.6. The molecular weight excluding hydrogens is 266 g/mol. The number of carbonyl (C=O) groups excluding carboxylic acids is 1. The molecule has 2 aromatic rings. The van der Waals surface area contributed by atoms with Crippen molar-refractivity contribution in [3.8, 4) is 17.6 Å². The molecule has 4 nitrogen and oxygen atoms in total. The average molecular weight is 281 g/mol. The number of carbonyl (C=O) groups is 1. The zero-order chi connectivity index (χ0) is 15.1. The van der Waals surface area contributed by atoms with Gasteiger partial charge in [0.2, 0.25) is 0 Å². The first kappa shape index (κ1) is 14.6. The molecule has 0 saturated heterocycles. The Kier molecular flexibility index (Phi) is 4.97. The van der Waals surface area contributed by atoms with E-state index in [1.165, 1.54) is 0 Å². The molecular formula is C17H15NO3. The second kappa shape index (κ2) is 7.13. The zero-order valence-electron chi connectivity index (χ0n) is 11.6. The molecule has 106 valence electrons. The normalized spacial score (nSPS) is 9.43. The first-order valence-corrected chi connectivity index (χ1v) is 6.38. The maximum atomic E-state index is 12.2. The highest BCUT2D eigenvalue weighted by Crippen LogP contribution is 2.16. The molecule has 2 N–H and O–H groups in total. The van der Waals surface area contributed by atoms with E-state index in [-0.39, 0.29) is 12.5 Å². The lowest BCUT2D eigenvalue weighted by Gasteiger charge is -2.08. The van der Waals surface area contributed by atoms with Crippen LogP contribution >= 0.6 is 0 Å². The van der Waals surface area contributed by atoms with Crippen LogP contribution in [0, 0.1) is 11.8 Å². The number of methoxy groups -OCH3 is 1. The first-order chi connectivity index (χ1) is 10.2. The molecule has 0 saturated carbocycles. The topological polar surface area (TPSA) is 58.6 Å². The summed E-state index contributed by atoms with van der Waals surface area (Å²) < 4.78 is 5.06. The van der Waals surface area contributed by atoms with Gasteiger partial charge < -0.3 is 15.2 Å². The molecule has 1 amide bonds. The van der Waals surface area contributed by atoms with Crippen LogP contribution < -0.4 is 10.1 Å². The lowest BCUT2D eigenvalue weighted by Crippen LogP contribution is -2.12. The number of amides is 1. The monoisotopic (exact) mass is 281 g/mol. The van der Waals surface area contributed by atoms with Crippen molar-refractivity contribution in [1.29, 1.82) is 0 Å². The minimum atomic E-state index is -0.226. The number of aliphatic hydroxyl groups is 1. The lowest BCUT2D eigenvalue weighted by atomic mass is 10.1. The molecule has 0 aliphatic heterocycles. The van der Waals surface area contributed by atoms with Gasteiger partial charge in [0.05, 0.1) is 12.8 Å². The molecule has 0 aliphatic rings. The third-order valence-electron chi connectivity index (χ3n) is 2.83. The van der Waals surface area contributed by atoms with Gasteiger partial charge in [-0.1, -0.05) is 24.0 Å². The van der Waals surface area contributed by atoms with Crippen molar-refractivity contribution in [2.75, 3.05) is 19.0 Å². The van der Waals surface area contributed by atoms with Crippen molar-refractivity contribution in [3.63, 3.8) is 0 Å². The number of ether oxygens (including phenoxy) is 1. The lowest BCUT2D eigenvalue weighted by molar-refractivity contribution is 0.102. The van der Waals surface area contributed by atoms with Gasteiger partial charge in [0, 0.05) is 11.1 Å². The highest BCUT2D eigenvalue weighted by atomic mass is 16.5. The predicted molar refractivity (Wildman–Crippen MR) is 81.4 cm³/mol. The van der Waals surface area contributed by atoms with Crippen molar-refractivity contribution >= 4 is 11.6 Å². The molecule has 21 heavy (non-hydrogen) atoms. The highest BCUT2D eigenvalue weighted by Gasteiger charge is 2.08. The number of hydrogen-bond donors (Lipinski definition) is 2. The minimum Gasteiger partial charge on any atom is -0.497 e. The summed E-state index contributed by atoms with van der Waals surface area (Å²) in [5.74, 6) is 5.84. The summed E-state index contributed by atoms with van der Waals surface area (Å²) in [5, 5.41) is 11.6. The Hall–Kier alpha value is -2.77. The fourth-order valence-corrected chi connectivity index (χ4v) is 1.77. The van der Waals surface area contributed by atoms with E-state index in [0.717, 1.165) is 0 Å². The van der Waals surface area contributed by atoms with E-state index in [1.807, 2.05) is 12.1 Å². The van der Waals surface area contributed by atoms with E-state index >= 15 is 0 Å². The highest BCUT2D eigenvalue weighted by molar-refractivity contribution is 6.05. The van der Waals surface area contributed by atoms with Crippen LogP contribution in [-0.4, -0.2) is 24.7 Å². The average Bonchev–Trinajstić information content (AvgIpc) is 2.54. The van der Waals surface area contributed by atoms with Gasteiger partial charge in [0.1, 0.15) is 12.4 Å². The van der Waals surface area contributed by atoms with E-state index in [4.69, 9.17) is 9.84 Å². The van der Waals surface area contributed by atoms with Crippen molar-refractivity contribution in [2.45, 2.75) is 0 Å². The number of anilines is 1. The maximum absolute atomic E-state index is 12.2. The van der Waals surface area contributed by atoms with Crippen LogP contribution in [0.5, 0.6) is 5.75 Å². The van der Waals surface area contributed by atoms with Gasteiger partial charge >= 0.3 is 0 Å². The van der Waals surface area contributed by atoms with Gasteiger partial charge in [-0.3, -0.25) is 4.79 Å². The van der Waals surface area contributed by atoms with E-state index in [0.29, 0.717) is 22.6 Å².